The number of pyridine rings is 1. The summed E-state index contributed by atoms with van der Waals surface area (Å²) in [5.41, 5.74) is 3.75. The Bertz CT molecular complexity index is 871. The molecule has 6 heteroatoms. The number of aromatic nitrogens is 2. The number of carbonyl (C=O) groups is 1. The molecule has 1 aromatic carbocycles. The van der Waals surface area contributed by atoms with Crippen molar-refractivity contribution in [3.8, 4) is 17.1 Å². The lowest BCUT2D eigenvalue weighted by Gasteiger charge is -2.06. The summed E-state index contributed by atoms with van der Waals surface area (Å²) >= 11 is 1.55. The van der Waals surface area contributed by atoms with Gasteiger partial charge in [-0.15, -0.1) is 11.3 Å². The van der Waals surface area contributed by atoms with Gasteiger partial charge in [0.15, 0.2) is 0 Å². The molecule has 0 radical (unpaired) electrons. The van der Waals surface area contributed by atoms with E-state index in [0.29, 0.717) is 11.6 Å². The van der Waals surface area contributed by atoms with Gasteiger partial charge in [0.25, 0.3) is 0 Å². The molecule has 0 aliphatic heterocycles. The highest BCUT2D eigenvalue weighted by Gasteiger charge is 2.15. The van der Waals surface area contributed by atoms with Gasteiger partial charge in [-0.05, 0) is 19.9 Å². The Balaban J connectivity index is 1.75. The monoisotopic (exact) mass is 353 g/mol. The zero-order chi connectivity index (χ0) is 17.8. The van der Waals surface area contributed by atoms with Gasteiger partial charge in [0, 0.05) is 16.5 Å². The van der Waals surface area contributed by atoms with E-state index in [1.54, 1.807) is 36.8 Å². The predicted molar refractivity (Wildman–Crippen MR) is 100 cm³/mol. The molecule has 0 spiro atoms. The lowest BCUT2D eigenvalue weighted by Crippen LogP contribution is -2.14. The minimum absolute atomic E-state index is 0.0935. The van der Waals surface area contributed by atoms with E-state index < -0.39 is 0 Å². The van der Waals surface area contributed by atoms with E-state index in [4.69, 9.17) is 4.74 Å². The van der Waals surface area contributed by atoms with Crippen molar-refractivity contribution >= 4 is 22.9 Å². The first-order valence-corrected chi connectivity index (χ1v) is 8.70. The SMILES string of the molecule is COc1ccc(NC(=O)Cc2sc(C)nc2-c2ccc(C)cc2)cn1. The Morgan fingerprint density at radius 1 is 1.16 bits per heavy atom. The molecule has 0 saturated heterocycles. The fraction of sp³-hybridized carbons (Fsp3) is 0.211. The molecule has 1 N–H and O–H groups in total. The highest BCUT2D eigenvalue weighted by atomic mass is 32.1. The van der Waals surface area contributed by atoms with E-state index in [1.165, 1.54) is 5.56 Å². The second kappa shape index (κ2) is 7.44. The molecule has 0 atom stereocenters. The smallest absolute Gasteiger partial charge is 0.229 e. The molecule has 3 rings (SSSR count). The molecule has 0 aliphatic rings. The molecule has 128 valence electrons. The fourth-order valence-electron chi connectivity index (χ4n) is 2.45. The zero-order valence-electron chi connectivity index (χ0n) is 14.4. The number of nitrogens with one attached hydrogen (secondary N) is 1. The predicted octanol–water partition coefficient (Wildman–Crippen LogP) is 4.01. The molecule has 0 unspecified atom stereocenters. The summed E-state index contributed by atoms with van der Waals surface area (Å²) in [7, 11) is 1.55. The second-order valence-electron chi connectivity index (χ2n) is 5.68. The molecule has 5 nitrogen and oxygen atoms in total. The first kappa shape index (κ1) is 17.1. The quantitative estimate of drug-likeness (QED) is 0.753. The molecular weight excluding hydrogens is 334 g/mol. The number of carbonyl (C=O) groups excluding carboxylic acids is 1. The summed E-state index contributed by atoms with van der Waals surface area (Å²) in [6, 6.07) is 11.7. The zero-order valence-corrected chi connectivity index (χ0v) is 15.2. The van der Waals surface area contributed by atoms with Crippen LogP contribution in [-0.4, -0.2) is 23.0 Å². The van der Waals surface area contributed by atoms with Gasteiger partial charge in [-0.25, -0.2) is 9.97 Å². The first-order valence-electron chi connectivity index (χ1n) is 7.88. The van der Waals surface area contributed by atoms with Gasteiger partial charge in [0.1, 0.15) is 0 Å². The largest absolute Gasteiger partial charge is 0.481 e. The van der Waals surface area contributed by atoms with Crippen molar-refractivity contribution in [2.24, 2.45) is 0 Å². The normalized spacial score (nSPS) is 10.5. The number of thiazole rings is 1. The summed E-state index contributed by atoms with van der Waals surface area (Å²) in [5.74, 6) is 0.418. The van der Waals surface area contributed by atoms with Crippen molar-refractivity contribution in [3.63, 3.8) is 0 Å². The van der Waals surface area contributed by atoms with Crippen LogP contribution in [0.5, 0.6) is 5.88 Å². The number of methoxy groups -OCH3 is 1. The summed E-state index contributed by atoms with van der Waals surface area (Å²) in [6.07, 6.45) is 1.86. The number of hydrogen-bond donors (Lipinski definition) is 1. The Hall–Kier alpha value is -2.73. The molecule has 0 fully saturated rings. The van der Waals surface area contributed by atoms with Crippen LogP contribution in [0.25, 0.3) is 11.3 Å². The minimum Gasteiger partial charge on any atom is -0.481 e. The third-order valence-corrected chi connectivity index (χ3v) is 4.65. The van der Waals surface area contributed by atoms with Crippen LogP contribution in [0.1, 0.15) is 15.4 Å². The molecule has 25 heavy (non-hydrogen) atoms. The molecule has 0 saturated carbocycles. The number of rotatable bonds is 5. The number of nitrogens with zero attached hydrogens (tertiary/aromatic N) is 2. The summed E-state index contributed by atoms with van der Waals surface area (Å²) < 4.78 is 5.02. The first-order chi connectivity index (χ1) is 12.0. The van der Waals surface area contributed by atoms with Crippen LogP contribution in [0.2, 0.25) is 0 Å². The number of anilines is 1. The molecule has 0 bridgehead atoms. The minimum atomic E-state index is -0.0935. The van der Waals surface area contributed by atoms with Crippen LogP contribution in [0.15, 0.2) is 42.6 Å². The Morgan fingerprint density at radius 2 is 1.92 bits per heavy atom. The van der Waals surface area contributed by atoms with Gasteiger partial charge in [-0.1, -0.05) is 29.8 Å². The van der Waals surface area contributed by atoms with Gasteiger partial charge in [-0.3, -0.25) is 4.79 Å². The summed E-state index contributed by atoms with van der Waals surface area (Å²) in [6.45, 7) is 4.00. The van der Waals surface area contributed by atoms with Crippen LogP contribution in [-0.2, 0) is 11.2 Å². The van der Waals surface area contributed by atoms with E-state index in [-0.39, 0.29) is 12.3 Å². The average molecular weight is 353 g/mol. The van der Waals surface area contributed by atoms with Crippen molar-refractivity contribution in [3.05, 3.63) is 58.0 Å². The van der Waals surface area contributed by atoms with Crippen molar-refractivity contribution in [1.29, 1.82) is 0 Å². The average Bonchev–Trinajstić information content (AvgIpc) is 2.96. The van der Waals surface area contributed by atoms with Crippen LogP contribution < -0.4 is 10.1 Å². The number of aryl methyl sites for hydroxylation is 2. The Kier molecular flexibility index (Phi) is 5.09. The van der Waals surface area contributed by atoms with Crippen molar-refractivity contribution in [2.45, 2.75) is 20.3 Å². The van der Waals surface area contributed by atoms with Gasteiger partial charge in [-0.2, -0.15) is 0 Å². The molecule has 1 amide bonds. The maximum absolute atomic E-state index is 12.4. The highest BCUT2D eigenvalue weighted by molar-refractivity contribution is 7.12. The number of amides is 1. The maximum Gasteiger partial charge on any atom is 0.229 e. The maximum atomic E-state index is 12.4. The van der Waals surface area contributed by atoms with Gasteiger partial charge >= 0.3 is 0 Å². The van der Waals surface area contributed by atoms with E-state index >= 15 is 0 Å². The van der Waals surface area contributed by atoms with Crippen LogP contribution in [0.4, 0.5) is 5.69 Å². The third kappa shape index (κ3) is 4.22. The third-order valence-electron chi connectivity index (χ3n) is 3.68. The van der Waals surface area contributed by atoms with E-state index in [2.05, 4.69) is 27.4 Å². The number of ether oxygens (including phenoxy) is 1. The summed E-state index contributed by atoms with van der Waals surface area (Å²) in [4.78, 5) is 22.0. The Morgan fingerprint density at radius 3 is 2.56 bits per heavy atom. The fourth-order valence-corrected chi connectivity index (χ4v) is 3.41. The standard InChI is InChI=1S/C19H19N3O2S/c1-12-4-6-14(7-5-12)19-16(25-13(2)21-19)10-17(23)22-15-8-9-18(24-3)20-11-15/h4-9,11H,10H2,1-3H3,(H,22,23). The Labute approximate surface area is 150 Å². The number of hydrogen-bond acceptors (Lipinski definition) is 5. The molecular formula is C19H19N3O2S. The van der Waals surface area contributed by atoms with Crippen LogP contribution in [0.3, 0.4) is 0 Å². The molecule has 2 heterocycles. The lowest BCUT2D eigenvalue weighted by atomic mass is 10.1. The van der Waals surface area contributed by atoms with Crippen molar-refractivity contribution in [2.75, 3.05) is 12.4 Å². The topological polar surface area (TPSA) is 64.1 Å². The molecule has 3 aromatic rings. The highest BCUT2D eigenvalue weighted by Crippen LogP contribution is 2.29. The molecule has 0 aliphatic carbocycles. The summed E-state index contributed by atoms with van der Waals surface area (Å²) in [5, 5.41) is 3.81. The van der Waals surface area contributed by atoms with E-state index in [9.17, 15) is 4.79 Å². The van der Waals surface area contributed by atoms with Gasteiger partial charge < -0.3 is 10.1 Å². The van der Waals surface area contributed by atoms with E-state index in [0.717, 1.165) is 21.1 Å². The van der Waals surface area contributed by atoms with E-state index in [1.807, 2.05) is 26.0 Å². The number of benzene rings is 1. The van der Waals surface area contributed by atoms with Gasteiger partial charge in [0.2, 0.25) is 11.8 Å². The van der Waals surface area contributed by atoms with Crippen LogP contribution in [0, 0.1) is 13.8 Å². The van der Waals surface area contributed by atoms with Crippen LogP contribution >= 0.6 is 11.3 Å². The molecule has 2 aromatic heterocycles. The van der Waals surface area contributed by atoms with Gasteiger partial charge in [0.05, 0.1) is 36.1 Å². The van der Waals surface area contributed by atoms with Crippen molar-refractivity contribution in [1.82, 2.24) is 9.97 Å². The second-order valence-corrected chi connectivity index (χ2v) is 6.97. The van der Waals surface area contributed by atoms with Crippen molar-refractivity contribution < 1.29 is 9.53 Å². The lowest BCUT2D eigenvalue weighted by molar-refractivity contribution is -0.115.